The van der Waals surface area contributed by atoms with Crippen LogP contribution in [-0.2, 0) is 5.75 Å². The van der Waals surface area contributed by atoms with Crippen molar-refractivity contribution in [2.24, 2.45) is 0 Å². The summed E-state index contributed by atoms with van der Waals surface area (Å²) in [7, 11) is 0. The summed E-state index contributed by atoms with van der Waals surface area (Å²) in [5, 5.41) is 3.31. The molecule has 0 unspecified atom stereocenters. The first-order valence-electron chi connectivity index (χ1n) is 7.65. The first kappa shape index (κ1) is 16.4. The maximum absolute atomic E-state index is 13.0. The topological polar surface area (TPSA) is 34.9 Å². The molecule has 3 nitrogen and oxygen atoms in total. The molecule has 0 saturated heterocycles. The number of fused-ring (bicyclic) bond motifs is 1. The number of benzene rings is 2. The van der Waals surface area contributed by atoms with E-state index < -0.39 is 0 Å². The number of hydrogen-bond donors (Lipinski definition) is 0. The second-order valence-corrected chi connectivity index (χ2v) is 7.72. The van der Waals surface area contributed by atoms with Crippen LogP contribution in [-0.4, -0.2) is 9.55 Å². The van der Waals surface area contributed by atoms with Crippen molar-refractivity contribution in [1.29, 1.82) is 0 Å². The molecule has 0 spiro atoms. The summed E-state index contributed by atoms with van der Waals surface area (Å²) in [6, 6.07) is 19.3. The van der Waals surface area contributed by atoms with Crippen molar-refractivity contribution < 1.29 is 0 Å². The van der Waals surface area contributed by atoms with E-state index in [-0.39, 0.29) is 5.56 Å². The van der Waals surface area contributed by atoms with Crippen molar-refractivity contribution in [3.05, 3.63) is 87.0 Å². The van der Waals surface area contributed by atoms with Crippen LogP contribution in [0.2, 0.25) is 5.02 Å². The van der Waals surface area contributed by atoms with E-state index in [2.05, 4.69) is 0 Å². The molecule has 124 valence electrons. The quantitative estimate of drug-likeness (QED) is 0.349. The molecule has 0 bridgehead atoms. The molecule has 0 amide bonds. The Hall–Kier alpha value is -2.08. The van der Waals surface area contributed by atoms with Crippen molar-refractivity contribution in [3.63, 3.8) is 0 Å². The van der Waals surface area contributed by atoms with Crippen LogP contribution in [0.4, 0.5) is 0 Å². The zero-order chi connectivity index (χ0) is 17.2. The molecule has 0 N–H and O–H groups in total. The Labute approximate surface area is 157 Å². The van der Waals surface area contributed by atoms with E-state index in [0.29, 0.717) is 20.6 Å². The number of thioether (sulfide) groups is 1. The molecule has 2 aromatic carbocycles. The maximum Gasteiger partial charge on any atom is 0.276 e. The highest BCUT2D eigenvalue weighted by molar-refractivity contribution is 7.98. The standard InChI is InChI=1S/C19H13ClN2OS2/c20-14-8-6-13(7-9-14)12-25-19-21-16-10-11-24-17(16)18(23)22(19)15-4-2-1-3-5-15/h1-11H,12H2. The van der Waals surface area contributed by atoms with Crippen molar-refractivity contribution >= 4 is 44.9 Å². The van der Waals surface area contributed by atoms with E-state index >= 15 is 0 Å². The number of halogens is 1. The van der Waals surface area contributed by atoms with Crippen LogP contribution in [0.15, 0.2) is 76.0 Å². The minimum absolute atomic E-state index is 0.0233. The average molecular weight is 385 g/mol. The zero-order valence-electron chi connectivity index (χ0n) is 13.1. The number of aromatic nitrogens is 2. The van der Waals surface area contributed by atoms with Gasteiger partial charge in [0.25, 0.3) is 5.56 Å². The number of nitrogens with zero attached hydrogens (tertiary/aromatic N) is 2. The molecule has 0 aliphatic rings. The lowest BCUT2D eigenvalue weighted by Crippen LogP contribution is -2.20. The van der Waals surface area contributed by atoms with Gasteiger partial charge >= 0.3 is 0 Å². The van der Waals surface area contributed by atoms with E-state index in [1.807, 2.05) is 66.0 Å². The SMILES string of the molecule is O=c1c2sccc2nc(SCc2ccc(Cl)cc2)n1-c1ccccc1. The lowest BCUT2D eigenvalue weighted by atomic mass is 10.2. The Morgan fingerprint density at radius 2 is 1.80 bits per heavy atom. The molecule has 0 aliphatic carbocycles. The van der Waals surface area contributed by atoms with Gasteiger partial charge in [-0.15, -0.1) is 11.3 Å². The Kier molecular flexibility index (Phi) is 4.61. The Balaban J connectivity index is 1.78. The van der Waals surface area contributed by atoms with Crippen molar-refractivity contribution in [2.45, 2.75) is 10.9 Å². The predicted molar refractivity (Wildman–Crippen MR) is 106 cm³/mol. The molecule has 2 heterocycles. The van der Waals surface area contributed by atoms with Gasteiger partial charge in [-0.25, -0.2) is 4.98 Å². The average Bonchev–Trinajstić information content (AvgIpc) is 3.11. The molecule has 6 heteroatoms. The molecule has 0 atom stereocenters. The van der Waals surface area contributed by atoms with Crippen LogP contribution in [0, 0.1) is 0 Å². The van der Waals surface area contributed by atoms with Crippen LogP contribution in [0.25, 0.3) is 15.9 Å². The molecular formula is C19H13ClN2OS2. The highest BCUT2D eigenvalue weighted by Gasteiger charge is 2.14. The van der Waals surface area contributed by atoms with Gasteiger partial charge < -0.3 is 0 Å². The monoisotopic (exact) mass is 384 g/mol. The molecule has 4 aromatic rings. The highest BCUT2D eigenvalue weighted by atomic mass is 35.5. The third-order valence-electron chi connectivity index (χ3n) is 3.74. The van der Waals surface area contributed by atoms with Gasteiger partial charge in [-0.3, -0.25) is 9.36 Å². The lowest BCUT2D eigenvalue weighted by molar-refractivity contribution is 0.822. The maximum atomic E-state index is 13.0. The molecule has 0 aliphatic heterocycles. The Bertz CT molecular complexity index is 1070. The fourth-order valence-corrected chi connectivity index (χ4v) is 4.38. The van der Waals surface area contributed by atoms with Crippen LogP contribution in [0.1, 0.15) is 5.56 Å². The number of thiophene rings is 1. The summed E-state index contributed by atoms with van der Waals surface area (Å²) in [4.78, 5) is 17.7. The molecular weight excluding hydrogens is 372 g/mol. The Morgan fingerprint density at radius 3 is 2.56 bits per heavy atom. The lowest BCUT2D eigenvalue weighted by Gasteiger charge is -2.12. The summed E-state index contributed by atoms with van der Waals surface area (Å²) in [6.07, 6.45) is 0. The largest absolute Gasteiger partial charge is 0.276 e. The zero-order valence-corrected chi connectivity index (χ0v) is 15.4. The predicted octanol–water partition coefficient (Wildman–Crippen LogP) is 5.39. The van der Waals surface area contributed by atoms with Gasteiger partial charge in [-0.1, -0.05) is 53.7 Å². The normalized spacial score (nSPS) is 11.1. The summed E-state index contributed by atoms with van der Waals surface area (Å²) in [6.45, 7) is 0. The van der Waals surface area contributed by atoms with Crippen LogP contribution >= 0.6 is 34.7 Å². The van der Waals surface area contributed by atoms with E-state index in [0.717, 1.165) is 16.8 Å². The van der Waals surface area contributed by atoms with Crippen molar-refractivity contribution in [1.82, 2.24) is 9.55 Å². The second kappa shape index (κ2) is 7.04. The molecule has 4 rings (SSSR count). The summed E-state index contributed by atoms with van der Waals surface area (Å²) < 4.78 is 2.37. The van der Waals surface area contributed by atoms with Gasteiger partial charge in [0, 0.05) is 10.8 Å². The van der Waals surface area contributed by atoms with E-state index in [4.69, 9.17) is 16.6 Å². The molecule has 25 heavy (non-hydrogen) atoms. The van der Waals surface area contributed by atoms with Crippen LogP contribution < -0.4 is 5.56 Å². The first-order valence-corrected chi connectivity index (χ1v) is 9.89. The third kappa shape index (κ3) is 3.35. The van der Waals surface area contributed by atoms with Gasteiger partial charge in [-0.05, 0) is 41.3 Å². The fourth-order valence-electron chi connectivity index (χ4n) is 2.52. The number of para-hydroxylation sites is 1. The van der Waals surface area contributed by atoms with E-state index in [1.165, 1.54) is 11.3 Å². The third-order valence-corrected chi connectivity index (χ3v) is 5.90. The molecule has 0 fully saturated rings. The van der Waals surface area contributed by atoms with E-state index in [1.54, 1.807) is 16.3 Å². The number of hydrogen-bond acceptors (Lipinski definition) is 4. The van der Waals surface area contributed by atoms with Crippen molar-refractivity contribution in [3.8, 4) is 5.69 Å². The van der Waals surface area contributed by atoms with Gasteiger partial charge in [0.1, 0.15) is 4.70 Å². The fraction of sp³-hybridized carbons (Fsp3) is 0.0526. The smallest absolute Gasteiger partial charge is 0.267 e. The van der Waals surface area contributed by atoms with Gasteiger partial charge in [0.15, 0.2) is 5.16 Å². The summed E-state index contributed by atoms with van der Waals surface area (Å²) in [5.41, 5.74) is 2.69. The van der Waals surface area contributed by atoms with Crippen LogP contribution in [0.5, 0.6) is 0 Å². The minimum atomic E-state index is -0.0233. The van der Waals surface area contributed by atoms with Gasteiger partial charge in [-0.2, -0.15) is 0 Å². The molecule has 0 saturated carbocycles. The van der Waals surface area contributed by atoms with Crippen molar-refractivity contribution in [2.75, 3.05) is 0 Å². The second-order valence-electron chi connectivity index (χ2n) is 5.42. The Morgan fingerprint density at radius 1 is 1.04 bits per heavy atom. The highest BCUT2D eigenvalue weighted by Crippen LogP contribution is 2.26. The minimum Gasteiger partial charge on any atom is -0.267 e. The summed E-state index contributed by atoms with van der Waals surface area (Å²) >= 11 is 8.92. The van der Waals surface area contributed by atoms with E-state index in [9.17, 15) is 4.79 Å². The van der Waals surface area contributed by atoms with Crippen LogP contribution in [0.3, 0.4) is 0 Å². The molecule has 0 radical (unpaired) electrons. The summed E-state index contributed by atoms with van der Waals surface area (Å²) in [5.74, 6) is 0.714. The van der Waals surface area contributed by atoms with Gasteiger partial charge in [0.05, 0.1) is 11.2 Å². The van der Waals surface area contributed by atoms with Gasteiger partial charge in [0.2, 0.25) is 0 Å². The first-order chi connectivity index (χ1) is 12.2. The number of rotatable bonds is 4. The molecule has 2 aromatic heterocycles.